The quantitative estimate of drug-likeness (QED) is 0.906. The fourth-order valence-corrected chi connectivity index (χ4v) is 3.43. The molecule has 2 rings (SSSR count). The minimum Gasteiger partial charge on any atom is -0.480 e. The third kappa shape index (κ3) is 2.74. The van der Waals surface area contributed by atoms with E-state index in [1.54, 1.807) is 0 Å². The van der Waals surface area contributed by atoms with Gasteiger partial charge in [0, 0.05) is 30.6 Å². The normalized spacial score (nSPS) is 24.0. The minimum atomic E-state index is -0.741. The molecule has 4 nitrogen and oxygen atoms in total. The molecule has 1 aliphatic heterocycles. The molecule has 0 bridgehead atoms. The second-order valence-corrected chi connectivity index (χ2v) is 5.72. The summed E-state index contributed by atoms with van der Waals surface area (Å²) in [6.07, 6.45) is 0. The van der Waals surface area contributed by atoms with Gasteiger partial charge >= 0.3 is 5.97 Å². The Hall–Kier alpha value is -0.910. The number of carboxylic acids is 1. The lowest BCUT2D eigenvalue weighted by molar-refractivity contribution is -0.145. The summed E-state index contributed by atoms with van der Waals surface area (Å²) in [6.45, 7) is 8.03. The number of carboxylic acid groups (broad SMARTS) is 1. The first-order valence-electron chi connectivity index (χ1n) is 6.37. The van der Waals surface area contributed by atoms with Gasteiger partial charge in [0.25, 0.3) is 0 Å². The Labute approximate surface area is 112 Å². The van der Waals surface area contributed by atoms with Crippen molar-refractivity contribution in [3.8, 4) is 0 Å². The third-order valence-electron chi connectivity index (χ3n) is 3.59. The molecule has 0 aliphatic carbocycles. The highest BCUT2D eigenvalue weighted by Crippen LogP contribution is 2.28. The van der Waals surface area contributed by atoms with E-state index in [0.717, 1.165) is 31.1 Å². The summed E-state index contributed by atoms with van der Waals surface area (Å²) in [7, 11) is 0. The highest BCUT2D eigenvalue weighted by atomic mass is 32.1. The van der Waals surface area contributed by atoms with Crippen LogP contribution in [0.25, 0.3) is 0 Å². The van der Waals surface area contributed by atoms with Crippen LogP contribution in [0.15, 0.2) is 17.5 Å². The third-order valence-corrected chi connectivity index (χ3v) is 4.51. The van der Waals surface area contributed by atoms with E-state index in [2.05, 4.69) is 23.6 Å². The molecule has 0 spiro atoms. The molecular formula is C13H20N2O2S. The predicted molar refractivity (Wildman–Crippen MR) is 73.0 cm³/mol. The lowest BCUT2D eigenvalue weighted by Gasteiger charge is -2.42. The van der Waals surface area contributed by atoms with Crippen molar-refractivity contribution in [3.63, 3.8) is 0 Å². The number of likely N-dealkylation sites (N-methyl/N-ethyl adjacent to an activating group) is 1. The maximum absolute atomic E-state index is 11.5. The van der Waals surface area contributed by atoms with Crippen molar-refractivity contribution in [3.05, 3.63) is 22.4 Å². The molecular weight excluding hydrogens is 248 g/mol. The molecule has 0 amide bonds. The number of nitrogens with zero attached hydrogens (tertiary/aromatic N) is 2. The molecule has 2 heterocycles. The van der Waals surface area contributed by atoms with Crippen LogP contribution in [0.5, 0.6) is 0 Å². The zero-order valence-electron chi connectivity index (χ0n) is 10.9. The van der Waals surface area contributed by atoms with Crippen molar-refractivity contribution < 1.29 is 9.90 Å². The van der Waals surface area contributed by atoms with E-state index in [-0.39, 0.29) is 6.04 Å². The summed E-state index contributed by atoms with van der Waals surface area (Å²) < 4.78 is 0. The van der Waals surface area contributed by atoms with Gasteiger partial charge in [0.2, 0.25) is 0 Å². The van der Waals surface area contributed by atoms with E-state index in [0.29, 0.717) is 0 Å². The smallest absolute Gasteiger partial charge is 0.326 e. The first kappa shape index (κ1) is 13.5. The Kier molecular flexibility index (Phi) is 4.37. The second kappa shape index (κ2) is 5.82. The number of rotatable bonds is 4. The predicted octanol–water partition coefficient (Wildman–Crippen LogP) is 1.90. The molecule has 2 atom stereocenters. The zero-order chi connectivity index (χ0) is 13.1. The molecule has 1 saturated heterocycles. The Balaban J connectivity index is 2.15. The van der Waals surface area contributed by atoms with Crippen LogP contribution in [-0.4, -0.2) is 53.1 Å². The highest BCUT2D eigenvalue weighted by Gasteiger charge is 2.34. The van der Waals surface area contributed by atoms with Crippen molar-refractivity contribution in [1.82, 2.24) is 9.80 Å². The van der Waals surface area contributed by atoms with Crippen LogP contribution >= 0.6 is 11.3 Å². The van der Waals surface area contributed by atoms with Crippen molar-refractivity contribution in [1.29, 1.82) is 0 Å². The van der Waals surface area contributed by atoms with Crippen LogP contribution in [0, 0.1) is 0 Å². The minimum absolute atomic E-state index is 0.280. The van der Waals surface area contributed by atoms with Crippen LogP contribution in [0.4, 0.5) is 0 Å². The molecule has 2 unspecified atom stereocenters. The van der Waals surface area contributed by atoms with E-state index in [9.17, 15) is 9.90 Å². The molecule has 1 N–H and O–H groups in total. The van der Waals surface area contributed by atoms with Crippen molar-refractivity contribution in [2.75, 3.05) is 26.2 Å². The molecule has 0 radical (unpaired) electrons. The summed E-state index contributed by atoms with van der Waals surface area (Å²) in [5.41, 5.74) is 0. The summed E-state index contributed by atoms with van der Waals surface area (Å²) in [5, 5.41) is 11.4. The monoisotopic (exact) mass is 268 g/mol. The summed E-state index contributed by atoms with van der Waals surface area (Å²) in [4.78, 5) is 17.0. The SMILES string of the molecule is CCN1CCN(C(C(=O)O)c2cccs2)C(C)C1. The van der Waals surface area contributed by atoms with Gasteiger partial charge in [-0.3, -0.25) is 9.69 Å². The van der Waals surface area contributed by atoms with Crippen LogP contribution < -0.4 is 0 Å². The topological polar surface area (TPSA) is 43.8 Å². The largest absolute Gasteiger partial charge is 0.480 e. The second-order valence-electron chi connectivity index (χ2n) is 4.74. The van der Waals surface area contributed by atoms with Gasteiger partial charge in [-0.1, -0.05) is 13.0 Å². The Morgan fingerprint density at radius 1 is 1.61 bits per heavy atom. The van der Waals surface area contributed by atoms with Gasteiger partial charge in [0.15, 0.2) is 0 Å². The molecule has 1 aliphatic rings. The van der Waals surface area contributed by atoms with E-state index in [1.165, 1.54) is 11.3 Å². The molecule has 0 aromatic carbocycles. The number of thiophene rings is 1. The van der Waals surface area contributed by atoms with Crippen LogP contribution in [0.2, 0.25) is 0 Å². The van der Waals surface area contributed by atoms with Gasteiger partial charge in [0.1, 0.15) is 6.04 Å². The van der Waals surface area contributed by atoms with Gasteiger partial charge in [0.05, 0.1) is 0 Å². The van der Waals surface area contributed by atoms with Crippen LogP contribution in [0.1, 0.15) is 24.8 Å². The first-order chi connectivity index (χ1) is 8.63. The average molecular weight is 268 g/mol. The highest BCUT2D eigenvalue weighted by molar-refractivity contribution is 7.10. The fraction of sp³-hybridized carbons (Fsp3) is 0.615. The van der Waals surface area contributed by atoms with E-state index >= 15 is 0 Å². The fourth-order valence-electron chi connectivity index (χ4n) is 2.59. The molecule has 100 valence electrons. The first-order valence-corrected chi connectivity index (χ1v) is 7.25. The molecule has 0 saturated carbocycles. The zero-order valence-corrected chi connectivity index (χ0v) is 11.7. The lowest BCUT2D eigenvalue weighted by atomic mass is 10.1. The number of hydrogen-bond donors (Lipinski definition) is 1. The molecule has 1 fully saturated rings. The number of carbonyl (C=O) groups is 1. The van der Waals surface area contributed by atoms with Crippen LogP contribution in [-0.2, 0) is 4.79 Å². The molecule has 1 aromatic rings. The summed E-state index contributed by atoms with van der Waals surface area (Å²) in [5.74, 6) is -0.741. The van der Waals surface area contributed by atoms with Gasteiger partial charge in [-0.15, -0.1) is 11.3 Å². The van der Waals surface area contributed by atoms with Gasteiger partial charge in [-0.2, -0.15) is 0 Å². The van der Waals surface area contributed by atoms with Crippen LogP contribution in [0.3, 0.4) is 0 Å². The molecule has 18 heavy (non-hydrogen) atoms. The standard InChI is InChI=1S/C13H20N2O2S/c1-3-14-6-7-15(10(2)9-14)12(13(16)17)11-5-4-8-18-11/h4-5,8,10,12H,3,6-7,9H2,1-2H3,(H,16,17). The van der Waals surface area contributed by atoms with Gasteiger partial charge in [-0.05, 0) is 24.9 Å². The average Bonchev–Trinajstić information content (AvgIpc) is 2.84. The van der Waals surface area contributed by atoms with Crippen molar-refractivity contribution >= 4 is 17.3 Å². The Bertz CT molecular complexity index is 394. The maximum Gasteiger partial charge on any atom is 0.326 e. The molecule has 1 aromatic heterocycles. The van der Waals surface area contributed by atoms with Crippen molar-refractivity contribution in [2.45, 2.75) is 25.9 Å². The molecule has 5 heteroatoms. The van der Waals surface area contributed by atoms with Gasteiger partial charge < -0.3 is 10.0 Å². The van der Waals surface area contributed by atoms with E-state index in [4.69, 9.17) is 0 Å². The summed E-state index contributed by atoms with van der Waals surface area (Å²) in [6, 6.07) is 3.63. The number of hydrogen-bond acceptors (Lipinski definition) is 4. The van der Waals surface area contributed by atoms with Gasteiger partial charge in [-0.25, -0.2) is 0 Å². The maximum atomic E-state index is 11.5. The Morgan fingerprint density at radius 2 is 2.39 bits per heavy atom. The van der Waals surface area contributed by atoms with E-state index in [1.807, 2.05) is 17.5 Å². The van der Waals surface area contributed by atoms with Crippen molar-refractivity contribution in [2.24, 2.45) is 0 Å². The Morgan fingerprint density at radius 3 is 2.89 bits per heavy atom. The lowest BCUT2D eigenvalue weighted by Crippen LogP contribution is -2.54. The van der Waals surface area contributed by atoms with E-state index < -0.39 is 12.0 Å². The number of aliphatic carboxylic acids is 1. The summed E-state index contributed by atoms with van der Waals surface area (Å²) >= 11 is 1.53. The number of piperazine rings is 1.